The van der Waals surface area contributed by atoms with E-state index in [9.17, 15) is 9.59 Å². The molecule has 5 nitrogen and oxygen atoms in total. The van der Waals surface area contributed by atoms with Gasteiger partial charge in [0.25, 0.3) is 5.91 Å². The van der Waals surface area contributed by atoms with Crippen LogP contribution in [0.4, 0.5) is 0 Å². The predicted octanol–water partition coefficient (Wildman–Crippen LogP) is 0.799. The highest BCUT2D eigenvalue weighted by molar-refractivity contribution is 7.03. The lowest BCUT2D eigenvalue weighted by molar-refractivity contribution is -0.140. The number of carbonyl (C=O) groups is 2. The highest BCUT2D eigenvalue weighted by atomic mass is 32.1. The van der Waals surface area contributed by atoms with Crippen molar-refractivity contribution in [3.8, 4) is 0 Å². The average molecular weight is 226 g/mol. The lowest BCUT2D eigenvalue weighted by Crippen LogP contribution is -2.43. The second kappa shape index (κ2) is 3.30. The molecular formula is C9H10N2O3S. The fraction of sp³-hybridized carbons (Fsp3) is 0.444. The number of carbonyl (C=O) groups excluding carboxylic acids is 1. The zero-order valence-corrected chi connectivity index (χ0v) is 8.93. The van der Waals surface area contributed by atoms with Gasteiger partial charge in [-0.05, 0) is 31.3 Å². The van der Waals surface area contributed by atoms with E-state index < -0.39 is 11.5 Å². The van der Waals surface area contributed by atoms with Crippen molar-refractivity contribution in [1.82, 2.24) is 9.69 Å². The zero-order valence-electron chi connectivity index (χ0n) is 8.11. The van der Waals surface area contributed by atoms with Crippen molar-refractivity contribution in [2.45, 2.75) is 25.3 Å². The monoisotopic (exact) mass is 226 g/mol. The molecule has 2 N–H and O–H groups in total. The van der Waals surface area contributed by atoms with E-state index >= 15 is 0 Å². The Bertz CT molecular complexity index is 423. The van der Waals surface area contributed by atoms with Crippen molar-refractivity contribution < 1.29 is 14.7 Å². The normalized spacial score (nSPS) is 17.1. The number of aliphatic carboxylic acids is 1. The molecule has 1 aliphatic rings. The quantitative estimate of drug-likeness (QED) is 0.799. The molecule has 1 aromatic rings. The van der Waals surface area contributed by atoms with Gasteiger partial charge in [-0.3, -0.25) is 4.79 Å². The van der Waals surface area contributed by atoms with Crippen LogP contribution in [0.1, 0.15) is 28.9 Å². The average Bonchev–Trinajstić information content (AvgIpc) is 2.82. The molecule has 1 heterocycles. The molecule has 1 saturated carbocycles. The predicted molar refractivity (Wildman–Crippen MR) is 53.9 cm³/mol. The summed E-state index contributed by atoms with van der Waals surface area (Å²) < 4.78 is 3.97. The van der Waals surface area contributed by atoms with Crippen LogP contribution >= 0.6 is 11.5 Å². The van der Waals surface area contributed by atoms with Gasteiger partial charge in [0.05, 0.1) is 11.3 Å². The van der Waals surface area contributed by atoms with Gasteiger partial charge in [-0.15, -0.1) is 0 Å². The number of nitrogens with one attached hydrogen (secondary N) is 1. The number of rotatable bonds is 3. The fourth-order valence-electron chi connectivity index (χ4n) is 1.31. The number of hydrogen-bond donors (Lipinski definition) is 2. The molecule has 0 spiro atoms. The van der Waals surface area contributed by atoms with Gasteiger partial charge < -0.3 is 10.4 Å². The third-order valence-corrected chi connectivity index (χ3v) is 3.23. The van der Waals surface area contributed by atoms with Gasteiger partial charge in [0.2, 0.25) is 0 Å². The van der Waals surface area contributed by atoms with Crippen LogP contribution in [0.25, 0.3) is 0 Å². The van der Waals surface area contributed by atoms with Gasteiger partial charge in [-0.25, -0.2) is 4.79 Å². The number of carboxylic acid groups (broad SMARTS) is 1. The van der Waals surface area contributed by atoms with Crippen molar-refractivity contribution in [3.63, 3.8) is 0 Å². The first-order valence-corrected chi connectivity index (χ1v) is 5.36. The molecule has 0 atom stereocenters. The Morgan fingerprint density at radius 1 is 1.60 bits per heavy atom. The number of carboxylic acids is 1. The van der Waals surface area contributed by atoms with E-state index in [-0.39, 0.29) is 5.91 Å². The fourth-order valence-corrected chi connectivity index (χ4v) is 2.00. The molecule has 1 aliphatic carbocycles. The second-order valence-electron chi connectivity index (χ2n) is 3.66. The smallest absolute Gasteiger partial charge is 0.329 e. The molecule has 80 valence electrons. The summed E-state index contributed by atoms with van der Waals surface area (Å²) in [5.74, 6) is -1.31. The molecule has 6 heteroatoms. The Hall–Kier alpha value is -1.43. The van der Waals surface area contributed by atoms with E-state index in [0.717, 1.165) is 0 Å². The van der Waals surface area contributed by atoms with E-state index in [2.05, 4.69) is 9.69 Å². The van der Waals surface area contributed by atoms with Crippen molar-refractivity contribution in [3.05, 3.63) is 16.6 Å². The Balaban J connectivity index is 2.11. The molecule has 2 rings (SSSR count). The van der Waals surface area contributed by atoms with Crippen LogP contribution in [0, 0.1) is 6.92 Å². The van der Waals surface area contributed by atoms with Crippen LogP contribution < -0.4 is 5.32 Å². The minimum Gasteiger partial charge on any atom is -0.480 e. The van der Waals surface area contributed by atoms with E-state index in [1.807, 2.05) is 0 Å². The maximum Gasteiger partial charge on any atom is 0.329 e. The van der Waals surface area contributed by atoms with Gasteiger partial charge in [0.15, 0.2) is 0 Å². The molecule has 0 radical (unpaired) electrons. The lowest BCUT2D eigenvalue weighted by Gasteiger charge is -2.11. The van der Waals surface area contributed by atoms with Crippen LogP contribution in [-0.2, 0) is 4.79 Å². The Kier molecular flexibility index (Phi) is 2.22. The molecular weight excluding hydrogens is 216 g/mol. The molecule has 0 aliphatic heterocycles. The molecule has 1 aromatic heterocycles. The van der Waals surface area contributed by atoms with Gasteiger partial charge >= 0.3 is 5.97 Å². The highest BCUT2D eigenvalue weighted by Crippen LogP contribution is 2.35. The molecule has 15 heavy (non-hydrogen) atoms. The molecule has 1 fully saturated rings. The van der Waals surface area contributed by atoms with Crippen LogP contribution in [-0.4, -0.2) is 26.9 Å². The minimum absolute atomic E-state index is 0.346. The number of amides is 1. The third kappa shape index (κ3) is 1.72. The van der Waals surface area contributed by atoms with Crippen molar-refractivity contribution in [2.75, 3.05) is 0 Å². The molecule has 0 aromatic carbocycles. The number of nitrogens with zero attached hydrogens (tertiary/aromatic N) is 1. The van der Waals surface area contributed by atoms with Crippen LogP contribution in [0.5, 0.6) is 0 Å². The summed E-state index contributed by atoms with van der Waals surface area (Å²) in [5, 5.41) is 13.1. The molecule has 0 saturated heterocycles. The number of hydrogen-bond acceptors (Lipinski definition) is 4. The van der Waals surface area contributed by atoms with Crippen LogP contribution in [0.15, 0.2) is 5.38 Å². The lowest BCUT2D eigenvalue weighted by atomic mass is 10.2. The van der Waals surface area contributed by atoms with E-state index in [1.165, 1.54) is 11.5 Å². The first-order chi connectivity index (χ1) is 7.05. The Morgan fingerprint density at radius 2 is 2.27 bits per heavy atom. The largest absolute Gasteiger partial charge is 0.480 e. The Morgan fingerprint density at radius 3 is 2.67 bits per heavy atom. The summed E-state index contributed by atoms with van der Waals surface area (Å²) in [4.78, 5) is 22.5. The summed E-state index contributed by atoms with van der Waals surface area (Å²) in [5.41, 5.74) is 0.0806. The van der Waals surface area contributed by atoms with Gasteiger partial charge in [0, 0.05) is 5.38 Å². The van der Waals surface area contributed by atoms with E-state index in [0.29, 0.717) is 24.1 Å². The van der Waals surface area contributed by atoms with Gasteiger partial charge in [-0.1, -0.05) is 0 Å². The van der Waals surface area contributed by atoms with Gasteiger partial charge in [0.1, 0.15) is 5.54 Å². The third-order valence-electron chi connectivity index (χ3n) is 2.51. The van der Waals surface area contributed by atoms with Crippen LogP contribution in [0.2, 0.25) is 0 Å². The number of aromatic nitrogens is 1. The highest BCUT2D eigenvalue weighted by Gasteiger charge is 2.51. The van der Waals surface area contributed by atoms with E-state index in [1.54, 1.807) is 12.3 Å². The minimum atomic E-state index is -1.02. The van der Waals surface area contributed by atoms with Crippen molar-refractivity contribution in [2.24, 2.45) is 0 Å². The summed E-state index contributed by atoms with van der Waals surface area (Å²) >= 11 is 1.19. The maximum atomic E-state index is 11.7. The topological polar surface area (TPSA) is 79.3 Å². The molecule has 1 amide bonds. The zero-order chi connectivity index (χ0) is 11.1. The summed E-state index contributed by atoms with van der Waals surface area (Å²) in [7, 11) is 0. The second-order valence-corrected chi connectivity index (χ2v) is 4.28. The van der Waals surface area contributed by atoms with Crippen LogP contribution in [0.3, 0.4) is 0 Å². The maximum absolute atomic E-state index is 11.7. The summed E-state index contributed by atoms with van der Waals surface area (Å²) in [6, 6.07) is 0. The SMILES string of the molecule is Cc1nscc1C(=O)NC1(C(=O)O)CC1. The number of aryl methyl sites for hydroxylation is 1. The first kappa shape index (κ1) is 10.1. The van der Waals surface area contributed by atoms with Gasteiger partial charge in [-0.2, -0.15) is 4.37 Å². The van der Waals surface area contributed by atoms with Crippen molar-refractivity contribution in [1.29, 1.82) is 0 Å². The summed E-state index contributed by atoms with van der Waals surface area (Å²) in [6.07, 6.45) is 1.01. The molecule has 0 unspecified atom stereocenters. The van der Waals surface area contributed by atoms with Crippen molar-refractivity contribution >= 4 is 23.4 Å². The first-order valence-electron chi connectivity index (χ1n) is 4.52. The standard InChI is InChI=1S/C9H10N2O3S/c1-5-6(4-15-11-5)7(12)10-9(2-3-9)8(13)14/h4H,2-3H2,1H3,(H,10,12)(H,13,14). The summed E-state index contributed by atoms with van der Waals surface area (Å²) in [6.45, 7) is 1.73. The molecule has 0 bridgehead atoms. The van der Waals surface area contributed by atoms with E-state index in [4.69, 9.17) is 5.11 Å². The Labute approximate surface area is 90.3 Å².